The number of carboxylic acid groups (broad SMARTS) is 1. The molecule has 2 aliphatic heterocycles. The second kappa shape index (κ2) is 10.7. The summed E-state index contributed by atoms with van der Waals surface area (Å²) >= 11 is 1.46. The normalized spacial score (nSPS) is 21.9. The number of halogens is 3. The molecule has 4 aromatic rings. The number of aromatic carboxylic acids is 1. The Labute approximate surface area is 248 Å². The number of hydrogen-bond donors (Lipinski definition) is 1. The van der Waals surface area contributed by atoms with E-state index in [1.165, 1.54) is 36.6 Å². The summed E-state index contributed by atoms with van der Waals surface area (Å²) in [6.07, 6.45) is 0.451. The molecule has 2 aromatic heterocycles. The minimum Gasteiger partial charge on any atom is -0.494 e. The SMILES string of the molecule is COc1cc(C(=O)O)cc2sc(N3C4CC[C@H]3CC(OCc3c(-c5ccccc5OC(F)(F)F)noc3C3CC3)C4)nc12. The Morgan fingerprint density at radius 1 is 1.12 bits per heavy atom. The lowest BCUT2D eigenvalue weighted by atomic mass is 10.00. The van der Waals surface area contributed by atoms with E-state index in [0.717, 1.165) is 48.4 Å². The molecule has 2 unspecified atom stereocenters. The maximum absolute atomic E-state index is 13.1. The van der Waals surface area contributed by atoms with Crippen molar-refractivity contribution in [3.05, 3.63) is 53.3 Å². The van der Waals surface area contributed by atoms with Crippen molar-refractivity contribution in [1.82, 2.24) is 10.1 Å². The molecular formula is C30H28F3N3O6S. The summed E-state index contributed by atoms with van der Waals surface area (Å²) < 4.78 is 62.0. The summed E-state index contributed by atoms with van der Waals surface area (Å²) in [6.45, 7) is 0.172. The number of nitrogens with zero attached hydrogens (tertiary/aromatic N) is 3. The van der Waals surface area contributed by atoms with Crippen LogP contribution in [0.2, 0.25) is 0 Å². The number of aromatic nitrogens is 2. The minimum absolute atomic E-state index is 0.0623. The predicted octanol–water partition coefficient (Wildman–Crippen LogP) is 7.15. The fraction of sp³-hybridized carbons (Fsp3) is 0.433. The van der Waals surface area contributed by atoms with Crippen LogP contribution in [-0.4, -0.2) is 52.9 Å². The third kappa shape index (κ3) is 5.40. The number of methoxy groups -OCH3 is 1. The van der Waals surface area contributed by atoms with Gasteiger partial charge in [0.05, 0.1) is 30.1 Å². The molecule has 1 N–H and O–H groups in total. The highest BCUT2D eigenvalue weighted by Gasteiger charge is 2.43. The monoisotopic (exact) mass is 615 g/mol. The van der Waals surface area contributed by atoms with Gasteiger partial charge in [0.15, 0.2) is 5.13 Å². The van der Waals surface area contributed by atoms with Gasteiger partial charge in [-0.2, -0.15) is 0 Å². The van der Waals surface area contributed by atoms with Crippen molar-refractivity contribution in [2.24, 2.45) is 0 Å². The lowest BCUT2D eigenvalue weighted by molar-refractivity contribution is -0.274. The lowest BCUT2D eigenvalue weighted by Crippen LogP contribution is -2.45. The largest absolute Gasteiger partial charge is 0.573 e. The van der Waals surface area contributed by atoms with Gasteiger partial charge in [0.2, 0.25) is 0 Å². The topological polar surface area (TPSA) is 107 Å². The first-order valence-electron chi connectivity index (χ1n) is 14.1. The lowest BCUT2D eigenvalue weighted by Gasteiger charge is -2.38. The molecule has 2 aromatic carbocycles. The third-order valence-corrected chi connectivity index (χ3v) is 9.44. The van der Waals surface area contributed by atoms with E-state index in [2.05, 4.69) is 14.8 Å². The van der Waals surface area contributed by atoms with E-state index in [-0.39, 0.29) is 47.6 Å². The van der Waals surface area contributed by atoms with E-state index in [1.807, 2.05) is 0 Å². The maximum Gasteiger partial charge on any atom is 0.573 e. The van der Waals surface area contributed by atoms with Crippen molar-refractivity contribution < 1.29 is 41.8 Å². The van der Waals surface area contributed by atoms with Crippen LogP contribution in [0.1, 0.15) is 66.1 Å². The van der Waals surface area contributed by atoms with Crippen LogP contribution in [0.15, 0.2) is 40.9 Å². The Balaban J connectivity index is 1.11. The molecule has 2 bridgehead atoms. The van der Waals surface area contributed by atoms with Crippen LogP contribution in [0.25, 0.3) is 21.5 Å². The highest BCUT2D eigenvalue weighted by Crippen LogP contribution is 2.47. The van der Waals surface area contributed by atoms with Crippen LogP contribution >= 0.6 is 11.3 Å². The molecule has 0 amide bonds. The number of para-hydroxylation sites is 1. The number of carboxylic acids is 1. The molecular weight excluding hydrogens is 587 g/mol. The van der Waals surface area contributed by atoms with E-state index < -0.39 is 12.3 Å². The molecule has 226 valence electrons. The highest BCUT2D eigenvalue weighted by atomic mass is 32.1. The van der Waals surface area contributed by atoms with Crippen LogP contribution in [0.4, 0.5) is 18.3 Å². The zero-order valence-electron chi connectivity index (χ0n) is 23.1. The zero-order chi connectivity index (χ0) is 29.9. The van der Waals surface area contributed by atoms with Gasteiger partial charge in [0, 0.05) is 29.1 Å². The van der Waals surface area contributed by atoms with E-state index in [4.69, 9.17) is 19.0 Å². The molecule has 1 aliphatic carbocycles. The molecule has 7 rings (SSSR count). The first kappa shape index (κ1) is 28.0. The van der Waals surface area contributed by atoms with Crippen LogP contribution < -0.4 is 14.4 Å². The number of carbonyl (C=O) groups is 1. The van der Waals surface area contributed by atoms with Gasteiger partial charge in [-0.1, -0.05) is 28.6 Å². The molecule has 13 heteroatoms. The molecule has 2 saturated heterocycles. The number of anilines is 1. The van der Waals surface area contributed by atoms with Crippen molar-refractivity contribution in [1.29, 1.82) is 0 Å². The smallest absolute Gasteiger partial charge is 0.494 e. The Morgan fingerprint density at radius 3 is 2.53 bits per heavy atom. The average molecular weight is 616 g/mol. The number of alkyl halides is 3. The van der Waals surface area contributed by atoms with E-state index in [9.17, 15) is 23.1 Å². The highest BCUT2D eigenvalue weighted by molar-refractivity contribution is 7.22. The van der Waals surface area contributed by atoms with E-state index in [0.29, 0.717) is 28.3 Å². The van der Waals surface area contributed by atoms with Gasteiger partial charge in [0.1, 0.15) is 28.5 Å². The van der Waals surface area contributed by atoms with Crippen molar-refractivity contribution >= 4 is 32.7 Å². The summed E-state index contributed by atoms with van der Waals surface area (Å²) in [5.41, 5.74) is 1.99. The fourth-order valence-corrected chi connectivity index (χ4v) is 7.53. The number of benzene rings is 2. The zero-order valence-corrected chi connectivity index (χ0v) is 23.9. The first-order chi connectivity index (χ1) is 20.7. The van der Waals surface area contributed by atoms with Crippen LogP contribution in [-0.2, 0) is 11.3 Å². The van der Waals surface area contributed by atoms with Gasteiger partial charge < -0.3 is 28.7 Å². The van der Waals surface area contributed by atoms with Gasteiger partial charge >= 0.3 is 12.3 Å². The molecule has 3 fully saturated rings. The first-order valence-corrected chi connectivity index (χ1v) is 15.0. The summed E-state index contributed by atoms with van der Waals surface area (Å²) in [5, 5.41) is 14.5. The molecule has 1 saturated carbocycles. The van der Waals surface area contributed by atoms with Crippen molar-refractivity contribution in [2.45, 2.75) is 75.6 Å². The second-order valence-electron chi connectivity index (χ2n) is 11.2. The van der Waals surface area contributed by atoms with E-state index in [1.54, 1.807) is 18.2 Å². The van der Waals surface area contributed by atoms with Crippen LogP contribution in [0.3, 0.4) is 0 Å². The summed E-state index contributed by atoms with van der Waals surface area (Å²) in [5.74, 6) is -0.0691. The van der Waals surface area contributed by atoms with Gasteiger partial charge in [-0.15, -0.1) is 13.2 Å². The molecule has 3 aliphatic rings. The number of fused-ring (bicyclic) bond motifs is 3. The Bertz CT molecular complexity index is 1670. The predicted molar refractivity (Wildman–Crippen MR) is 151 cm³/mol. The minimum atomic E-state index is -4.84. The van der Waals surface area contributed by atoms with Crippen molar-refractivity contribution in [2.75, 3.05) is 12.0 Å². The average Bonchev–Trinajstić information content (AvgIpc) is 3.48. The number of thiazole rings is 1. The summed E-state index contributed by atoms with van der Waals surface area (Å²) in [6, 6.07) is 9.45. The number of hydrogen-bond acceptors (Lipinski definition) is 9. The van der Waals surface area contributed by atoms with Crippen LogP contribution in [0, 0.1) is 0 Å². The molecule has 0 spiro atoms. The van der Waals surface area contributed by atoms with Gasteiger partial charge in [-0.3, -0.25) is 0 Å². The Kier molecular flexibility index (Phi) is 6.96. The second-order valence-corrected chi connectivity index (χ2v) is 12.2. The number of rotatable bonds is 9. The Hall–Kier alpha value is -3.84. The van der Waals surface area contributed by atoms with Crippen LogP contribution in [0.5, 0.6) is 11.5 Å². The van der Waals surface area contributed by atoms with Crippen molar-refractivity contribution in [3.8, 4) is 22.8 Å². The van der Waals surface area contributed by atoms with Gasteiger partial charge in [-0.25, -0.2) is 9.78 Å². The standard InChI is InChI=1S/C30H28F3N3O6S/c1-39-23-10-16(28(37)38)11-24-26(23)34-29(43-24)36-17-8-9-18(36)13-19(12-17)40-14-21-25(35-42-27(21)15-6-7-15)20-4-2-3-5-22(20)41-30(31,32)33/h2-5,10-11,15,17-19H,6-9,12-14H2,1H3,(H,37,38)/t17-,18?,19?/m0/s1. The molecule has 43 heavy (non-hydrogen) atoms. The van der Waals surface area contributed by atoms with Gasteiger partial charge in [0.25, 0.3) is 0 Å². The summed E-state index contributed by atoms with van der Waals surface area (Å²) in [4.78, 5) is 18.8. The fourth-order valence-electron chi connectivity index (χ4n) is 6.37. The molecule has 4 heterocycles. The Morgan fingerprint density at radius 2 is 1.86 bits per heavy atom. The number of piperidine rings is 1. The molecule has 9 nitrogen and oxygen atoms in total. The van der Waals surface area contributed by atoms with E-state index >= 15 is 0 Å². The third-order valence-electron chi connectivity index (χ3n) is 8.42. The number of ether oxygens (including phenoxy) is 3. The van der Waals surface area contributed by atoms with Gasteiger partial charge in [-0.05, 0) is 62.8 Å². The summed E-state index contributed by atoms with van der Waals surface area (Å²) in [7, 11) is 1.50. The maximum atomic E-state index is 13.1. The van der Waals surface area contributed by atoms with Crippen molar-refractivity contribution in [3.63, 3.8) is 0 Å². The quantitative estimate of drug-likeness (QED) is 0.210. The molecule has 0 radical (unpaired) electrons. The molecule has 3 atom stereocenters.